The van der Waals surface area contributed by atoms with E-state index in [-0.39, 0.29) is 0 Å². The maximum atomic E-state index is 2.48. The van der Waals surface area contributed by atoms with Gasteiger partial charge >= 0.3 is 0 Å². The lowest BCUT2D eigenvalue weighted by Gasteiger charge is -2.32. The van der Waals surface area contributed by atoms with Crippen molar-refractivity contribution in [1.29, 1.82) is 0 Å². The van der Waals surface area contributed by atoms with Gasteiger partial charge in [-0.2, -0.15) is 0 Å². The van der Waals surface area contributed by atoms with Crippen LogP contribution in [0.3, 0.4) is 0 Å². The fraction of sp³-hybridized carbons (Fsp3) is 0.0182. The Balaban J connectivity index is 1.16. The van der Waals surface area contributed by atoms with Crippen LogP contribution in [0.5, 0.6) is 0 Å². The molecule has 0 saturated carbocycles. The Labute approximate surface area is 328 Å². The van der Waals surface area contributed by atoms with Gasteiger partial charge in [-0.05, 0) is 103 Å². The number of hydrogen-bond acceptors (Lipinski definition) is 1. The van der Waals surface area contributed by atoms with Gasteiger partial charge in [-0.1, -0.05) is 194 Å². The zero-order chi connectivity index (χ0) is 37.1. The van der Waals surface area contributed by atoms with Gasteiger partial charge in [0.2, 0.25) is 0 Å². The van der Waals surface area contributed by atoms with E-state index in [0.717, 1.165) is 17.1 Å². The molecule has 0 bridgehead atoms. The van der Waals surface area contributed by atoms with E-state index in [4.69, 9.17) is 0 Å². The summed E-state index contributed by atoms with van der Waals surface area (Å²) in [6.07, 6.45) is 0. The molecule has 0 atom stereocenters. The highest BCUT2D eigenvalue weighted by Crippen LogP contribution is 2.64. The van der Waals surface area contributed by atoms with Crippen molar-refractivity contribution >= 4 is 17.1 Å². The molecule has 1 spiro atoms. The second-order valence-corrected chi connectivity index (χ2v) is 14.8. The first-order chi connectivity index (χ1) is 27.8. The highest BCUT2D eigenvalue weighted by Gasteiger charge is 2.52. The van der Waals surface area contributed by atoms with Crippen molar-refractivity contribution in [3.63, 3.8) is 0 Å². The van der Waals surface area contributed by atoms with Gasteiger partial charge in [-0.15, -0.1) is 0 Å². The molecule has 0 saturated heterocycles. The third-order valence-electron chi connectivity index (χ3n) is 11.9. The zero-order valence-electron chi connectivity index (χ0n) is 30.8. The predicted octanol–water partition coefficient (Wildman–Crippen LogP) is 14.5. The minimum Gasteiger partial charge on any atom is -0.310 e. The Morgan fingerprint density at radius 2 is 0.714 bits per heavy atom. The van der Waals surface area contributed by atoms with Crippen LogP contribution in [-0.2, 0) is 5.41 Å². The summed E-state index contributed by atoms with van der Waals surface area (Å²) in [5, 5.41) is 0. The summed E-state index contributed by atoms with van der Waals surface area (Å²) in [4.78, 5) is 2.48. The van der Waals surface area contributed by atoms with Crippen molar-refractivity contribution in [1.82, 2.24) is 0 Å². The highest BCUT2D eigenvalue weighted by atomic mass is 15.1. The van der Waals surface area contributed by atoms with Gasteiger partial charge in [0.25, 0.3) is 0 Å². The Bertz CT molecular complexity index is 2860. The lowest BCUT2D eigenvalue weighted by atomic mass is 9.70. The number of hydrogen-bond donors (Lipinski definition) is 0. The van der Waals surface area contributed by atoms with E-state index >= 15 is 0 Å². The van der Waals surface area contributed by atoms with Gasteiger partial charge in [0, 0.05) is 16.9 Å². The van der Waals surface area contributed by atoms with E-state index in [2.05, 4.69) is 229 Å². The van der Waals surface area contributed by atoms with Crippen LogP contribution in [0.2, 0.25) is 0 Å². The summed E-state index contributed by atoms with van der Waals surface area (Å²) in [5.41, 5.74) is 20.7. The standard InChI is InChI=1S/C55H37N/c1-3-17-38(18-4-1)39-33-35-42(36-34-39)56(43-22-15-21-41(37-43)45-24-8-7-23-44(45)40-19-5-2-6-20-40)53-32-16-31-52-54(53)48-27-11-14-30-51(48)55(52)49-28-12-9-25-46(49)47-26-10-13-29-50(47)55/h1-37H. The van der Waals surface area contributed by atoms with Crippen LogP contribution < -0.4 is 4.90 Å². The number of rotatable bonds is 6. The molecule has 1 nitrogen and oxygen atoms in total. The first-order valence-corrected chi connectivity index (χ1v) is 19.4. The molecule has 11 rings (SSSR count). The average molecular weight is 712 g/mol. The normalized spacial score (nSPS) is 12.8. The summed E-state index contributed by atoms with van der Waals surface area (Å²) in [6, 6.07) is 82.4. The monoisotopic (exact) mass is 711 g/mol. The molecule has 1 heteroatoms. The van der Waals surface area contributed by atoms with Crippen molar-refractivity contribution in [3.8, 4) is 55.6 Å². The molecule has 0 unspecified atom stereocenters. The van der Waals surface area contributed by atoms with E-state index in [9.17, 15) is 0 Å². The molecule has 0 heterocycles. The molecular weight excluding hydrogens is 675 g/mol. The SMILES string of the molecule is c1ccc(-c2ccc(N(c3cccc(-c4ccccc4-c4ccccc4)c3)c3cccc4c3-c3ccccc3C43c4ccccc4-c4ccccc43)cc2)cc1. The molecule has 0 N–H and O–H groups in total. The Hall–Kier alpha value is -7.22. The lowest BCUT2D eigenvalue weighted by molar-refractivity contribution is 0.794. The predicted molar refractivity (Wildman–Crippen MR) is 234 cm³/mol. The molecule has 0 fully saturated rings. The third kappa shape index (κ3) is 4.81. The van der Waals surface area contributed by atoms with Crippen molar-refractivity contribution in [3.05, 3.63) is 247 Å². The van der Waals surface area contributed by atoms with Crippen LogP contribution in [0.1, 0.15) is 22.3 Å². The molecule has 9 aromatic rings. The van der Waals surface area contributed by atoms with Crippen LogP contribution in [-0.4, -0.2) is 0 Å². The first-order valence-electron chi connectivity index (χ1n) is 19.4. The lowest BCUT2D eigenvalue weighted by Crippen LogP contribution is -2.26. The molecule has 262 valence electrons. The fourth-order valence-electron chi connectivity index (χ4n) is 9.59. The largest absolute Gasteiger partial charge is 0.310 e. The van der Waals surface area contributed by atoms with E-state index in [1.54, 1.807) is 0 Å². The summed E-state index contributed by atoms with van der Waals surface area (Å²) in [6.45, 7) is 0. The second-order valence-electron chi connectivity index (χ2n) is 14.8. The Morgan fingerprint density at radius 3 is 1.36 bits per heavy atom. The summed E-state index contributed by atoms with van der Waals surface area (Å²) >= 11 is 0. The van der Waals surface area contributed by atoms with Gasteiger partial charge < -0.3 is 4.90 Å². The highest BCUT2D eigenvalue weighted by molar-refractivity contribution is 6.01. The smallest absolute Gasteiger partial charge is 0.0726 e. The van der Waals surface area contributed by atoms with Crippen LogP contribution in [0.25, 0.3) is 55.6 Å². The minimum atomic E-state index is -0.422. The van der Waals surface area contributed by atoms with E-state index in [1.807, 2.05) is 0 Å². The van der Waals surface area contributed by atoms with Crippen molar-refractivity contribution in [2.24, 2.45) is 0 Å². The number of benzene rings is 9. The van der Waals surface area contributed by atoms with Gasteiger partial charge in [-0.3, -0.25) is 0 Å². The number of anilines is 3. The first kappa shape index (κ1) is 32.2. The van der Waals surface area contributed by atoms with Crippen molar-refractivity contribution < 1.29 is 0 Å². The summed E-state index contributed by atoms with van der Waals surface area (Å²) in [5.74, 6) is 0. The minimum absolute atomic E-state index is 0.422. The van der Waals surface area contributed by atoms with Gasteiger partial charge in [0.1, 0.15) is 0 Å². The molecule has 56 heavy (non-hydrogen) atoms. The molecule has 0 amide bonds. The molecule has 9 aromatic carbocycles. The maximum absolute atomic E-state index is 2.48. The third-order valence-corrected chi connectivity index (χ3v) is 11.9. The zero-order valence-corrected chi connectivity index (χ0v) is 30.8. The molecule has 0 aromatic heterocycles. The van der Waals surface area contributed by atoms with Crippen molar-refractivity contribution in [2.75, 3.05) is 4.90 Å². The van der Waals surface area contributed by atoms with Crippen LogP contribution in [0, 0.1) is 0 Å². The quantitative estimate of drug-likeness (QED) is 0.166. The molecule has 2 aliphatic carbocycles. The fourth-order valence-corrected chi connectivity index (χ4v) is 9.59. The molecule has 0 aliphatic heterocycles. The van der Waals surface area contributed by atoms with Crippen LogP contribution in [0.15, 0.2) is 224 Å². The number of fused-ring (bicyclic) bond motifs is 10. The van der Waals surface area contributed by atoms with Crippen LogP contribution >= 0.6 is 0 Å². The average Bonchev–Trinajstić information content (AvgIpc) is 3.75. The molecule has 2 aliphatic rings. The van der Waals surface area contributed by atoms with Crippen molar-refractivity contribution in [2.45, 2.75) is 5.41 Å². The Kier molecular flexibility index (Phi) is 7.47. The van der Waals surface area contributed by atoms with Gasteiger partial charge in [-0.25, -0.2) is 0 Å². The number of nitrogens with zero attached hydrogens (tertiary/aromatic N) is 1. The topological polar surface area (TPSA) is 3.24 Å². The molecular formula is C55H37N. The van der Waals surface area contributed by atoms with Gasteiger partial charge in [0.15, 0.2) is 0 Å². The Morgan fingerprint density at radius 1 is 0.268 bits per heavy atom. The maximum Gasteiger partial charge on any atom is 0.0726 e. The van der Waals surface area contributed by atoms with E-state index in [1.165, 1.54) is 77.9 Å². The summed E-state index contributed by atoms with van der Waals surface area (Å²) < 4.78 is 0. The van der Waals surface area contributed by atoms with E-state index < -0.39 is 5.41 Å². The molecule has 0 radical (unpaired) electrons. The van der Waals surface area contributed by atoms with Crippen LogP contribution in [0.4, 0.5) is 17.1 Å². The van der Waals surface area contributed by atoms with Gasteiger partial charge in [0.05, 0.1) is 11.1 Å². The van der Waals surface area contributed by atoms with E-state index in [0.29, 0.717) is 0 Å². The second kappa shape index (κ2) is 13.0. The summed E-state index contributed by atoms with van der Waals surface area (Å²) in [7, 11) is 0.